The van der Waals surface area contributed by atoms with Crippen LogP contribution in [-0.2, 0) is 11.2 Å². The summed E-state index contributed by atoms with van der Waals surface area (Å²) in [4.78, 5) is 12.0. The van der Waals surface area contributed by atoms with Gasteiger partial charge in [0.15, 0.2) is 0 Å². The zero-order chi connectivity index (χ0) is 10.7. The smallest absolute Gasteiger partial charge is 0.120 e. The van der Waals surface area contributed by atoms with Gasteiger partial charge in [-0.2, -0.15) is 0 Å². The van der Waals surface area contributed by atoms with Gasteiger partial charge in [-0.05, 0) is 35.6 Å². The van der Waals surface area contributed by atoms with E-state index in [-0.39, 0.29) is 0 Å². The maximum atomic E-state index is 10.5. The number of thioether (sulfide) groups is 1. The van der Waals surface area contributed by atoms with Crippen LogP contribution in [0.3, 0.4) is 0 Å². The van der Waals surface area contributed by atoms with Gasteiger partial charge in [-0.3, -0.25) is 0 Å². The number of aryl methyl sites for hydroxylation is 1. The van der Waals surface area contributed by atoms with Crippen molar-refractivity contribution < 1.29 is 4.79 Å². The van der Waals surface area contributed by atoms with E-state index in [1.54, 1.807) is 0 Å². The van der Waals surface area contributed by atoms with E-state index in [4.69, 9.17) is 0 Å². The standard InChI is InChI=1S/C13H16OS/c1-10(7-8-14)12-6-2-4-11-5-3-9-15-13(11)12/h2,4,6,8,10H,3,5,7,9H2,1H3. The van der Waals surface area contributed by atoms with Gasteiger partial charge < -0.3 is 4.79 Å². The Morgan fingerprint density at radius 2 is 2.40 bits per heavy atom. The van der Waals surface area contributed by atoms with Crippen molar-refractivity contribution in [3.05, 3.63) is 29.3 Å². The van der Waals surface area contributed by atoms with Gasteiger partial charge in [0.2, 0.25) is 0 Å². The molecule has 0 N–H and O–H groups in total. The number of benzene rings is 1. The van der Waals surface area contributed by atoms with Crippen LogP contribution >= 0.6 is 11.8 Å². The zero-order valence-electron chi connectivity index (χ0n) is 9.03. The molecule has 1 atom stereocenters. The minimum Gasteiger partial charge on any atom is -0.303 e. The van der Waals surface area contributed by atoms with Gasteiger partial charge in [-0.1, -0.05) is 25.1 Å². The summed E-state index contributed by atoms with van der Waals surface area (Å²) in [5.41, 5.74) is 2.84. The Bertz CT molecular complexity index is 360. The van der Waals surface area contributed by atoms with Crippen LogP contribution in [0.5, 0.6) is 0 Å². The molecule has 0 spiro atoms. The molecule has 15 heavy (non-hydrogen) atoms. The molecule has 0 fully saturated rings. The third-order valence-electron chi connectivity index (χ3n) is 2.94. The minimum absolute atomic E-state index is 0.364. The zero-order valence-corrected chi connectivity index (χ0v) is 9.85. The molecule has 0 radical (unpaired) electrons. The lowest BCUT2D eigenvalue weighted by Gasteiger charge is -2.21. The monoisotopic (exact) mass is 220 g/mol. The lowest BCUT2D eigenvalue weighted by atomic mass is 9.95. The SMILES string of the molecule is CC(CC=O)c1cccc2c1SCCC2. The highest BCUT2D eigenvalue weighted by Gasteiger charge is 2.16. The molecule has 1 aromatic rings. The predicted molar refractivity (Wildman–Crippen MR) is 64.6 cm³/mol. The van der Waals surface area contributed by atoms with Crippen LogP contribution in [0, 0.1) is 0 Å². The van der Waals surface area contributed by atoms with Crippen molar-refractivity contribution in [3.8, 4) is 0 Å². The number of carbonyl (C=O) groups is 1. The van der Waals surface area contributed by atoms with Crippen molar-refractivity contribution in [2.75, 3.05) is 5.75 Å². The van der Waals surface area contributed by atoms with Crippen LogP contribution in [0.2, 0.25) is 0 Å². The van der Waals surface area contributed by atoms with E-state index in [1.165, 1.54) is 34.6 Å². The van der Waals surface area contributed by atoms with Crippen molar-refractivity contribution in [2.45, 2.75) is 37.0 Å². The van der Waals surface area contributed by atoms with E-state index >= 15 is 0 Å². The summed E-state index contributed by atoms with van der Waals surface area (Å²) in [6, 6.07) is 6.52. The second kappa shape index (κ2) is 4.84. The maximum absolute atomic E-state index is 10.5. The molecule has 1 aromatic carbocycles. The second-order valence-corrected chi connectivity index (χ2v) is 5.20. The number of aldehydes is 1. The summed E-state index contributed by atoms with van der Waals surface area (Å²) in [7, 11) is 0. The van der Waals surface area contributed by atoms with Gasteiger partial charge in [-0.15, -0.1) is 11.8 Å². The molecule has 2 heteroatoms. The lowest BCUT2D eigenvalue weighted by Crippen LogP contribution is -2.04. The van der Waals surface area contributed by atoms with Crippen molar-refractivity contribution in [1.82, 2.24) is 0 Å². The van der Waals surface area contributed by atoms with Gasteiger partial charge in [-0.25, -0.2) is 0 Å². The molecule has 80 valence electrons. The van der Waals surface area contributed by atoms with Gasteiger partial charge in [0.25, 0.3) is 0 Å². The average Bonchev–Trinajstić information content (AvgIpc) is 2.28. The highest BCUT2D eigenvalue weighted by atomic mass is 32.2. The highest BCUT2D eigenvalue weighted by molar-refractivity contribution is 7.99. The third kappa shape index (κ3) is 2.25. The first-order valence-electron chi connectivity index (χ1n) is 5.51. The van der Waals surface area contributed by atoms with Gasteiger partial charge in [0.1, 0.15) is 6.29 Å². The second-order valence-electron chi connectivity index (χ2n) is 4.09. The van der Waals surface area contributed by atoms with E-state index in [0.29, 0.717) is 12.3 Å². The minimum atomic E-state index is 0.364. The first kappa shape index (κ1) is 10.7. The molecule has 2 rings (SSSR count). The molecule has 1 unspecified atom stereocenters. The van der Waals surface area contributed by atoms with Gasteiger partial charge in [0, 0.05) is 11.3 Å². The molecule has 0 saturated heterocycles. The van der Waals surface area contributed by atoms with Crippen LogP contribution < -0.4 is 0 Å². The largest absolute Gasteiger partial charge is 0.303 e. The van der Waals surface area contributed by atoms with Crippen LogP contribution in [0.15, 0.2) is 23.1 Å². The molecule has 0 amide bonds. The third-order valence-corrected chi connectivity index (χ3v) is 4.22. The Hall–Kier alpha value is -0.760. The van der Waals surface area contributed by atoms with Crippen molar-refractivity contribution in [1.29, 1.82) is 0 Å². The average molecular weight is 220 g/mol. The molecule has 0 aliphatic carbocycles. The molecule has 0 aromatic heterocycles. The summed E-state index contributed by atoms with van der Waals surface area (Å²) in [5, 5.41) is 0. The number of hydrogen-bond donors (Lipinski definition) is 0. The van der Waals surface area contributed by atoms with Crippen LogP contribution in [-0.4, -0.2) is 12.0 Å². The van der Waals surface area contributed by atoms with E-state index in [2.05, 4.69) is 25.1 Å². The number of carbonyl (C=O) groups excluding carboxylic acids is 1. The summed E-state index contributed by atoms with van der Waals surface area (Å²) in [6.07, 6.45) is 4.14. The number of fused-ring (bicyclic) bond motifs is 1. The first-order chi connectivity index (χ1) is 7.33. The lowest BCUT2D eigenvalue weighted by molar-refractivity contribution is -0.108. The summed E-state index contributed by atoms with van der Waals surface area (Å²) >= 11 is 1.95. The van der Waals surface area contributed by atoms with Crippen molar-refractivity contribution in [3.63, 3.8) is 0 Å². The molecule has 1 aliphatic heterocycles. The maximum Gasteiger partial charge on any atom is 0.120 e. The molecule has 0 saturated carbocycles. The Balaban J connectivity index is 2.34. The quantitative estimate of drug-likeness (QED) is 0.726. The van der Waals surface area contributed by atoms with Gasteiger partial charge in [0.05, 0.1) is 0 Å². The van der Waals surface area contributed by atoms with Crippen molar-refractivity contribution in [2.24, 2.45) is 0 Å². The Labute approximate surface area is 95.3 Å². The molecule has 1 nitrogen and oxygen atoms in total. The topological polar surface area (TPSA) is 17.1 Å². The number of hydrogen-bond acceptors (Lipinski definition) is 2. The molecule has 0 bridgehead atoms. The molecular formula is C13H16OS. The van der Waals surface area contributed by atoms with Crippen LogP contribution in [0.4, 0.5) is 0 Å². The van der Waals surface area contributed by atoms with Crippen LogP contribution in [0.1, 0.15) is 36.8 Å². The van der Waals surface area contributed by atoms with Gasteiger partial charge >= 0.3 is 0 Å². The van der Waals surface area contributed by atoms with Crippen molar-refractivity contribution >= 4 is 18.0 Å². The molecule has 1 heterocycles. The number of rotatable bonds is 3. The fourth-order valence-corrected chi connectivity index (χ4v) is 3.36. The highest BCUT2D eigenvalue weighted by Crippen LogP contribution is 2.36. The van der Waals surface area contributed by atoms with E-state index in [1.807, 2.05) is 11.8 Å². The molecule has 1 aliphatic rings. The first-order valence-corrected chi connectivity index (χ1v) is 6.49. The Kier molecular flexibility index (Phi) is 3.47. The Morgan fingerprint density at radius 1 is 1.53 bits per heavy atom. The van der Waals surface area contributed by atoms with Crippen LogP contribution in [0.25, 0.3) is 0 Å². The van der Waals surface area contributed by atoms with E-state index in [0.717, 1.165) is 6.29 Å². The fourth-order valence-electron chi connectivity index (χ4n) is 2.07. The predicted octanol–water partition coefficient (Wildman–Crippen LogP) is 3.42. The van der Waals surface area contributed by atoms with E-state index < -0.39 is 0 Å². The summed E-state index contributed by atoms with van der Waals surface area (Å²) < 4.78 is 0. The van der Waals surface area contributed by atoms with E-state index in [9.17, 15) is 4.79 Å². The summed E-state index contributed by atoms with van der Waals surface area (Å²) in [5.74, 6) is 1.58. The Morgan fingerprint density at radius 3 is 3.20 bits per heavy atom. The molecular weight excluding hydrogens is 204 g/mol. The summed E-state index contributed by atoms with van der Waals surface area (Å²) in [6.45, 7) is 2.14. The normalized spacial score (nSPS) is 16.9. The fraction of sp³-hybridized carbons (Fsp3) is 0.462.